The third kappa shape index (κ3) is 2.58. The monoisotopic (exact) mass is 276 g/mol. The number of hydrogen-bond donors (Lipinski definition) is 3. The van der Waals surface area contributed by atoms with Crippen LogP contribution in [0.25, 0.3) is 0 Å². The number of nitrogens with two attached hydrogens (primary N) is 1. The van der Waals surface area contributed by atoms with Crippen LogP contribution in [0.4, 0.5) is 11.6 Å². The van der Waals surface area contributed by atoms with Crippen LogP contribution in [0.2, 0.25) is 0 Å². The fourth-order valence-corrected chi connectivity index (χ4v) is 3.31. The molecule has 6 heteroatoms. The first-order chi connectivity index (χ1) is 9.67. The minimum absolute atomic E-state index is 0.287. The van der Waals surface area contributed by atoms with Gasteiger partial charge < -0.3 is 10.7 Å². The van der Waals surface area contributed by atoms with Crippen molar-refractivity contribution in [2.45, 2.75) is 51.1 Å². The average Bonchev–Trinajstić information content (AvgIpc) is 3.03. The van der Waals surface area contributed by atoms with Gasteiger partial charge in [0.2, 0.25) is 0 Å². The molecule has 20 heavy (non-hydrogen) atoms. The molecule has 2 unspecified atom stereocenters. The molecule has 3 heterocycles. The molecule has 2 atom stereocenters. The summed E-state index contributed by atoms with van der Waals surface area (Å²) in [5.74, 6) is 8.17. The molecule has 2 fully saturated rings. The van der Waals surface area contributed by atoms with Crippen LogP contribution in [0.1, 0.15) is 44.9 Å². The molecule has 1 aromatic heterocycles. The van der Waals surface area contributed by atoms with Crippen LogP contribution in [0, 0.1) is 0 Å². The number of rotatable bonds is 4. The zero-order valence-corrected chi connectivity index (χ0v) is 12.3. The van der Waals surface area contributed by atoms with E-state index in [0.29, 0.717) is 17.9 Å². The summed E-state index contributed by atoms with van der Waals surface area (Å²) >= 11 is 0. The maximum Gasteiger partial charge on any atom is 0.145 e. The van der Waals surface area contributed by atoms with Crippen molar-refractivity contribution in [2.75, 3.05) is 23.8 Å². The van der Waals surface area contributed by atoms with Gasteiger partial charge in [0.15, 0.2) is 0 Å². The third-order valence-corrected chi connectivity index (χ3v) is 4.35. The largest absolute Gasteiger partial charge is 0.366 e. The van der Waals surface area contributed by atoms with Gasteiger partial charge >= 0.3 is 0 Å². The molecule has 0 amide bonds. The first-order valence-corrected chi connectivity index (χ1v) is 7.53. The first-order valence-electron chi connectivity index (χ1n) is 7.53. The van der Waals surface area contributed by atoms with E-state index in [1.54, 1.807) is 0 Å². The van der Waals surface area contributed by atoms with Gasteiger partial charge in [0.25, 0.3) is 0 Å². The van der Waals surface area contributed by atoms with Gasteiger partial charge in [0.1, 0.15) is 17.5 Å². The van der Waals surface area contributed by atoms with Crippen LogP contribution in [0.5, 0.6) is 0 Å². The second-order valence-electron chi connectivity index (χ2n) is 6.08. The molecule has 0 saturated carbocycles. The Morgan fingerprint density at radius 2 is 2.05 bits per heavy atom. The van der Waals surface area contributed by atoms with Crippen LogP contribution < -0.4 is 16.6 Å². The predicted octanol–water partition coefficient (Wildman–Crippen LogP) is 1.53. The van der Waals surface area contributed by atoms with E-state index in [2.05, 4.69) is 39.5 Å². The summed E-state index contributed by atoms with van der Waals surface area (Å²) in [7, 11) is 0. The number of nitrogens with zero attached hydrogens (tertiary/aromatic N) is 3. The fraction of sp³-hybridized carbons (Fsp3) is 0.714. The van der Waals surface area contributed by atoms with Gasteiger partial charge in [-0.2, -0.15) is 0 Å². The Labute approximate surface area is 120 Å². The molecule has 0 bridgehead atoms. The standard InChI is InChI=1S/C14H24N6/c1-9(2)14-17-12(8-13(18-14)19-15)16-10-5-7-20-6-3-4-11(10)20/h8-11H,3-7,15H2,1-2H3,(H2,16,17,18,19). The fourth-order valence-electron chi connectivity index (χ4n) is 3.31. The van der Waals surface area contributed by atoms with Crippen molar-refractivity contribution in [1.29, 1.82) is 0 Å². The smallest absolute Gasteiger partial charge is 0.145 e. The maximum atomic E-state index is 5.51. The molecule has 4 N–H and O–H groups in total. The summed E-state index contributed by atoms with van der Waals surface area (Å²) < 4.78 is 0. The summed E-state index contributed by atoms with van der Waals surface area (Å²) in [6, 6.07) is 3.06. The first kappa shape index (κ1) is 13.6. The summed E-state index contributed by atoms with van der Waals surface area (Å²) in [4.78, 5) is 11.6. The van der Waals surface area contributed by atoms with Crippen molar-refractivity contribution in [1.82, 2.24) is 14.9 Å². The number of hydrogen-bond acceptors (Lipinski definition) is 6. The van der Waals surface area contributed by atoms with E-state index in [1.807, 2.05) is 6.07 Å². The minimum Gasteiger partial charge on any atom is -0.366 e. The summed E-state index contributed by atoms with van der Waals surface area (Å²) in [5.41, 5.74) is 2.63. The Hall–Kier alpha value is -1.40. The molecule has 3 rings (SSSR count). The Morgan fingerprint density at radius 3 is 2.80 bits per heavy atom. The van der Waals surface area contributed by atoms with Crippen LogP contribution in [0.15, 0.2) is 6.07 Å². The van der Waals surface area contributed by atoms with Gasteiger partial charge in [0, 0.05) is 30.6 Å². The van der Waals surface area contributed by atoms with E-state index in [4.69, 9.17) is 5.84 Å². The van der Waals surface area contributed by atoms with E-state index in [9.17, 15) is 0 Å². The zero-order valence-electron chi connectivity index (χ0n) is 12.3. The SMILES string of the molecule is CC(C)c1nc(NN)cc(NC2CCN3CCCC23)n1. The lowest BCUT2D eigenvalue weighted by atomic mass is 10.1. The second kappa shape index (κ2) is 5.54. The highest BCUT2D eigenvalue weighted by atomic mass is 15.3. The number of hydrazine groups is 1. The van der Waals surface area contributed by atoms with Crippen LogP contribution in [-0.2, 0) is 0 Å². The number of nitrogens with one attached hydrogen (secondary N) is 2. The normalized spacial score (nSPS) is 26.0. The van der Waals surface area contributed by atoms with Crippen molar-refractivity contribution < 1.29 is 0 Å². The molecule has 6 nitrogen and oxygen atoms in total. The van der Waals surface area contributed by atoms with Gasteiger partial charge in [-0.3, -0.25) is 4.90 Å². The molecule has 0 aromatic carbocycles. The highest BCUT2D eigenvalue weighted by Crippen LogP contribution is 2.30. The molecule has 0 spiro atoms. The molecular weight excluding hydrogens is 252 g/mol. The quantitative estimate of drug-likeness (QED) is 0.572. The Balaban J connectivity index is 1.78. The predicted molar refractivity (Wildman–Crippen MR) is 80.6 cm³/mol. The van der Waals surface area contributed by atoms with Gasteiger partial charge in [-0.05, 0) is 25.8 Å². The third-order valence-electron chi connectivity index (χ3n) is 4.35. The van der Waals surface area contributed by atoms with Crippen molar-refractivity contribution in [2.24, 2.45) is 5.84 Å². The van der Waals surface area contributed by atoms with E-state index < -0.39 is 0 Å². The molecule has 2 saturated heterocycles. The lowest BCUT2D eigenvalue weighted by Gasteiger charge is -2.22. The molecule has 2 aliphatic rings. The van der Waals surface area contributed by atoms with Crippen LogP contribution >= 0.6 is 0 Å². The molecule has 110 valence electrons. The van der Waals surface area contributed by atoms with Crippen molar-refractivity contribution in [3.05, 3.63) is 11.9 Å². The number of aromatic nitrogens is 2. The van der Waals surface area contributed by atoms with Crippen molar-refractivity contribution >= 4 is 11.6 Å². The number of anilines is 2. The summed E-state index contributed by atoms with van der Waals surface area (Å²) in [5, 5.41) is 3.59. The lowest BCUT2D eigenvalue weighted by Crippen LogP contribution is -2.34. The topological polar surface area (TPSA) is 79.1 Å². The molecule has 1 aromatic rings. The number of fused-ring (bicyclic) bond motifs is 1. The van der Waals surface area contributed by atoms with E-state index in [0.717, 1.165) is 11.6 Å². The zero-order chi connectivity index (χ0) is 14.1. The average molecular weight is 276 g/mol. The Morgan fingerprint density at radius 1 is 1.25 bits per heavy atom. The van der Waals surface area contributed by atoms with Gasteiger partial charge in [-0.15, -0.1) is 0 Å². The Bertz CT molecular complexity index is 475. The summed E-state index contributed by atoms with van der Waals surface area (Å²) in [6.45, 7) is 6.63. The van der Waals surface area contributed by atoms with Crippen LogP contribution in [-0.4, -0.2) is 40.0 Å². The van der Waals surface area contributed by atoms with E-state index in [1.165, 1.54) is 32.4 Å². The maximum absolute atomic E-state index is 5.51. The molecule has 0 aliphatic carbocycles. The van der Waals surface area contributed by atoms with Crippen molar-refractivity contribution in [3.8, 4) is 0 Å². The molecular formula is C14H24N6. The summed E-state index contributed by atoms with van der Waals surface area (Å²) in [6.07, 6.45) is 3.80. The van der Waals surface area contributed by atoms with E-state index >= 15 is 0 Å². The van der Waals surface area contributed by atoms with Crippen LogP contribution in [0.3, 0.4) is 0 Å². The van der Waals surface area contributed by atoms with Gasteiger partial charge in [0.05, 0.1) is 0 Å². The van der Waals surface area contributed by atoms with Crippen molar-refractivity contribution in [3.63, 3.8) is 0 Å². The Kier molecular flexibility index (Phi) is 3.76. The highest BCUT2D eigenvalue weighted by Gasteiger charge is 2.37. The minimum atomic E-state index is 0.287. The highest BCUT2D eigenvalue weighted by molar-refractivity contribution is 5.48. The molecule has 2 aliphatic heterocycles. The second-order valence-corrected chi connectivity index (χ2v) is 6.08. The van der Waals surface area contributed by atoms with E-state index in [-0.39, 0.29) is 5.92 Å². The molecule has 0 radical (unpaired) electrons. The van der Waals surface area contributed by atoms with Gasteiger partial charge in [-0.25, -0.2) is 15.8 Å². The number of nitrogen functional groups attached to an aromatic ring is 1. The lowest BCUT2D eigenvalue weighted by molar-refractivity contribution is 0.318. The van der Waals surface area contributed by atoms with Gasteiger partial charge in [-0.1, -0.05) is 13.8 Å².